The molecule has 0 spiro atoms. The molecule has 0 radical (unpaired) electrons. The van der Waals surface area contributed by atoms with E-state index in [4.69, 9.17) is 15.5 Å². The maximum atomic E-state index is 12.0. The monoisotopic (exact) mass is 338 g/mol. The van der Waals surface area contributed by atoms with E-state index in [1.165, 1.54) is 10.5 Å². The van der Waals surface area contributed by atoms with E-state index in [-0.39, 0.29) is 19.2 Å². The molecule has 2 saturated heterocycles. The maximum Gasteiger partial charge on any atom is 0.414 e. The third-order valence-corrected chi connectivity index (χ3v) is 4.48. The number of hydrogen-bond donors (Lipinski definition) is 0. The van der Waals surface area contributed by atoms with Gasteiger partial charge in [0.2, 0.25) is 0 Å². The number of cyclic esters (lactones) is 1. The molecule has 1 amide bonds. The van der Waals surface area contributed by atoms with Crippen molar-refractivity contribution in [3.8, 4) is 6.07 Å². The number of nitrogens with zero attached hydrogens (tertiary/aromatic N) is 6. The molecule has 1 aromatic carbocycles. The Morgan fingerprint density at radius 1 is 1.32 bits per heavy atom. The lowest BCUT2D eigenvalue weighted by molar-refractivity contribution is 0.179. The summed E-state index contributed by atoms with van der Waals surface area (Å²) in [4.78, 5) is 18.5. The fourth-order valence-corrected chi connectivity index (χ4v) is 3.15. The molecular weight excluding hydrogens is 320 g/mol. The number of benzene rings is 1. The van der Waals surface area contributed by atoms with Crippen molar-refractivity contribution in [2.75, 3.05) is 36.0 Å². The molecule has 0 N–H and O–H groups in total. The van der Waals surface area contributed by atoms with Crippen LogP contribution in [0.2, 0.25) is 0 Å². The molecule has 8 nitrogen and oxygen atoms in total. The number of carbonyl (C=O) groups excluding carboxylic acids is 1. The molecule has 2 aliphatic heterocycles. The smallest absolute Gasteiger partial charge is 0.414 e. The van der Waals surface area contributed by atoms with Crippen LogP contribution in [0.25, 0.3) is 10.4 Å². The molecular formula is C17H18N6O2. The highest BCUT2D eigenvalue weighted by Gasteiger charge is 2.33. The van der Waals surface area contributed by atoms with Gasteiger partial charge in [-0.2, -0.15) is 5.26 Å². The summed E-state index contributed by atoms with van der Waals surface area (Å²) in [6.45, 7) is 2.15. The second-order valence-corrected chi connectivity index (χ2v) is 5.95. The number of allylic oxidation sites excluding steroid dienone is 1. The number of rotatable bonds is 4. The number of piperidine rings is 1. The minimum absolute atomic E-state index is 0.185. The van der Waals surface area contributed by atoms with E-state index in [0.717, 1.165) is 37.3 Å². The van der Waals surface area contributed by atoms with E-state index >= 15 is 0 Å². The summed E-state index contributed by atoms with van der Waals surface area (Å²) in [6, 6.07) is 9.53. The van der Waals surface area contributed by atoms with Crippen LogP contribution in [0.15, 0.2) is 41.0 Å². The molecule has 25 heavy (non-hydrogen) atoms. The normalized spacial score (nSPS) is 19.9. The van der Waals surface area contributed by atoms with Crippen molar-refractivity contribution in [2.24, 2.45) is 5.11 Å². The SMILES string of the molecule is N#CC=C1CCN(c2ccc(N3C(=O)OC[C@@H]3CN=[N+]=[N-])cc2)CC1. The van der Waals surface area contributed by atoms with Crippen LogP contribution in [-0.2, 0) is 4.74 Å². The molecule has 0 saturated carbocycles. The zero-order chi connectivity index (χ0) is 17.6. The van der Waals surface area contributed by atoms with Crippen LogP contribution in [0.5, 0.6) is 0 Å². The number of azide groups is 1. The van der Waals surface area contributed by atoms with Gasteiger partial charge in [0.05, 0.1) is 18.7 Å². The predicted molar refractivity (Wildman–Crippen MR) is 93.2 cm³/mol. The van der Waals surface area contributed by atoms with Crippen LogP contribution in [0.4, 0.5) is 16.2 Å². The van der Waals surface area contributed by atoms with Crippen LogP contribution >= 0.6 is 0 Å². The molecule has 0 bridgehead atoms. The van der Waals surface area contributed by atoms with Gasteiger partial charge in [-0.25, -0.2) is 4.79 Å². The van der Waals surface area contributed by atoms with Crippen molar-refractivity contribution in [3.63, 3.8) is 0 Å². The van der Waals surface area contributed by atoms with Gasteiger partial charge in [-0.3, -0.25) is 4.90 Å². The molecule has 8 heteroatoms. The Morgan fingerprint density at radius 2 is 2.00 bits per heavy atom. The van der Waals surface area contributed by atoms with Crippen molar-refractivity contribution in [3.05, 3.63) is 46.4 Å². The Bertz CT molecular complexity index is 750. The first-order chi connectivity index (χ1) is 12.2. The molecule has 2 heterocycles. The fourth-order valence-electron chi connectivity index (χ4n) is 3.15. The van der Waals surface area contributed by atoms with Gasteiger partial charge in [0.25, 0.3) is 0 Å². The molecule has 0 aliphatic carbocycles. The lowest BCUT2D eigenvalue weighted by Crippen LogP contribution is -2.35. The molecule has 1 atom stereocenters. The molecule has 2 fully saturated rings. The Kier molecular flexibility index (Phi) is 5.07. The first-order valence-electron chi connectivity index (χ1n) is 8.12. The summed E-state index contributed by atoms with van der Waals surface area (Å²) in [5, 5.41) is 12.3. The highest BCUT2D eigenvalue weighted by Crippen LogP contribution is 2.28. The highest BCUT2D eigenvalue weighted by molar-refractivity contribution is 5.90. The Morgan fingerprint density at radius 3 is 2.64 bits per heavy atom. The van der Waals surface area contributed by atoms with Crippen molar-refractivity contribution in [1.29, 1.82) is 5.26 Å². The number of amides is 1. The van der Waals surface area contributed by atoms with Crippen LogP contribution in [0.3, 0.4) is 0 Å². The van der Waals surface area contributed by atoms with Gasteiger partial charge in [0.1, 0.15) is 6.61 Å². The Balaban J connectivity index is 1.70. The second-order valence-electron chi connectivity index (χ2n) is 5.95. The molecule has 0 aromatic heterocycles. The van der Waals surface area contributed by atoms with Gasteiger partial charge in [0, 0.05) is 35.5 Å². The van der Waals surface area contributed by atoms with Gasteiger partial charge >= 0.3 is 6.09 Å². The summed E-state index contributed by atoms with van der Waals surface area (Å²) in [5.41, 5.74) is 11.5. The van der Waals surface area contributed by atoms with Crippen LogP contribution in [-0.4, -0.2) is 38.4 Å². The van der Waals surface area contributed by atoms with E-state index in [1.807, 2.05) is 24.3 Å². The standard InChI is InChI=1S/C17H18N6O2/c18-8-5-13-6-9-22(10-7-13)14-1-3-15(4-2-14)23-16(11-20-21-19)12-25-17(23)24/h1-5,16H,6-7,9-12H2/t16-/m0/s1. The van der Waals surface area contributed by atoms with Gasteiger partial charge in [-0.1, -0.05) is 10.7 Å². The van der Waals surface area contributed by atoms with Crippen molar-refractivity contribution >= 4 is 17.5 Å². The maximum absolute atomic E-state index is 12.0. The quantitative estimate of drug-likeness (QED) is 0.363. The minimum atomic E-state index is -0.421. The molecule has 1 aromatic rings. The largest absolute Gasteiger partial charge is 0.447 e. The highest BCUT2D eigenvalue weighted by atomic mass is 16.6. The van der Waals surface area contributed by atoms with Crippen molar-refractivity contribution < 1.29 is 9.53 Å². The van der Waals surface area contributed by atoms with E-state index < -0.39 is 6.09 Å². The summed E-state index contributed by atoms with van der Waals surface area (Å²) in [6.07, 6.45) is 3.00. The van der Waals surface area contributed by atoms with Crippen LogP contribution < -0.4 is 9.80 Å². The molecule has 3 rings (SSSR count). The van der Waals surface area contributed by atoms with Crippen molar-refractivity contribution in [1.82, 2.24) is 0 Å². The lowest BCUT2D eigenvalue weighted by Gasteiger charge is -2.30. The van der Waals surface area contributed by atoms with Gasteiger partial charge in [0.15, 0.2) is 0 Å². The first kappa shape index (κ1) is 16.7. The average molecular weight is 338 g/mol. The minimum Gasteiger partial charge on any atom is -0.447 e. The number of nitriles is 1. The van der Waals surface area contributed by atoms with E-state index in [0.29, 0.717) is 0 Å². The molecule has 0 unspecified atom stereocenters. The molecule has 2 aliphatic rings. The van der Waals surface area contributed by atoms with Gasteiger partial charge < -0.3 is 9.64 Å². The first-order valence-corrected chi connectivity index (χ1v) is 8.12. The van der Waals surface area contributed by atoms with E-state index in [9.17, 15) is 4.79 Å². The summed E-state index contributed by atoms with van der Waals surface area (Å²) in [5.74, 6) is 0. The summed E-state index contributed by atoms with van der Waals surface area (Å²) < 4.78 is 5.07. The Hall–Kier alpha value is -3.17. The summed E-state index contributed by atoms with van der Waals surface area (Å²) >= 11 is 0. The van der Waals surface area contributed by atoms with E-state index in [1.54, 1.807) is 6.08 Å². The molecule has 128 valence electrons. The van der Waals surface area contributed by atoms with Gasteiger partial charge in [-0.15, -0.1) is 0 Å². The summed E-state index contributed by atoms with van der Waals surface area (Å²) in [7, 11) is 0. The van der Waals surface area contributed by atoms with E-state index in [2.05, 4.69) is 21.0 Å². The van der Waals surface area contributed by atoms with Gasteiger partial charge in [-0.05, 0) is 42.6 Å². The van der Waals surface area contributed by atoms with Crippen LogP contribution in [0.1, 0.15) is 12.8 Å². The third-order valence-electron chi connectivity index (χ3n) is 4.48. The zero-order valence-electron chi connectivity index (χ0n) is 13.7. The number of anilines is 2. The number of ether oxygens (including phenoxy) is 1. The zero-order valence-corrected chi connectivity index (χ0v) is 13.7. The number of carbonyl (C=O) groups is 1. The number of hydrogen-bond acceptors (Lipinski definition) is 5. The third kappa shape index (κ3) is 3.67. The Labute approximate surface area is 145 Å². The van der Waals surface area contributed by atoms with Crippen LogP contribution in [0, 0.1) is 11.3 Å². The second kappa shape index (κ2) is 7.60. The average Bonchev–Trinajstić information content (AvgIpc) is 3.01. The lowest BCUT2D eigenvalue weighted by atomic mass is 10.0. The fraction of sp³-hybridized carbons (Fsp3) is 0.412. The predicted octanol–water partition coefficient (Wildman–Crippen LogP) is 3.37. The topological polar surface area (TPSA) is 105 Å². The van der Waals surface area contributed by atoms with Crippen molar-refractivity contribution in [2.45, 2.75) is 18.9 Å².